The van der Waals surface area contributed by atoms with Crippen molar-refractivity contribution in [1.82, 2.24) is 10.6 Å². The number of hydrogen-bond donors (Lipinski definition) is 3. The molecule has 0 radical (unpaired) electrons. The summed E-state index contributed by atoms with van der Waals surface area (Å²) in [6.45, 7) is 3.63. The minimum Gasteiger partial charge on any atom is -0.494 e. The molecule has 6 nitrogen and oxygen atoms in total. The number of ether oxygens (including phenoxy) is 1. The van der Waals surface area contributed by atoms with Gasteiger partial charge < -0.3 is 21.1 Å². The number of rotatable bonds is 7. The van der Waals surface area contributed by atoms with Gasteiger partial charge >= 0.3 is 0 Å². The van der Waals surface area contributed by atoms with Gasteiger partial charge in [-0.2, -0.15) is 0 Å². The zero-order valence-electron chi connectivity index (χ0n) is 13.4. The Balaban J connectivity index is 0.00000484. The van der Waals surface area contributed by atoms with Crippen molar-refractivity contribution in [2.24, 2.45) is 11.7 Å². The van der Waals surface area contributed by atoms with Crippen molar-refractivity contribution in [2.75, 3.05) is 13.7 Å². The van der Waals surface area contributed by atoms with Crippen LogP contribution in [-0.4, -0.2) is 31.5 Å². The van der Waals surface area contributed by atoms with Gasteiger partial charge in [0.2, 0.25) is 11.8 Å². The number of nitrogens with one attached hydrogen (secondary N) is 2. The highest BCUT2D eigenvalue weighted by atomic mass is 35.5. The first-order valence-corrected chi connectivity index (χ1v) is 6.97. The minimum atomic E-state index is -0.650. The summed E-state index contributed by atoms with van der Waals surface area (Å²) in [4.78, 5) is 23.2. The molecule has 0 fully saturated rings. The molecule has 2 amide bonds. The molecular formula is C15H23ClFN3O3. The predicted octanol–water partition coefficient (Wildman–Crippen LogP) is 0.972. The quantitative estimate of drug-likeness (QED) is 0.685. The highest BCUT2D eigenvalue weighted by Crippen LogP contribution is 2.17. The third kappa shape index (κ3) is 6.83. The van der Waals surface area contributed by atoms with Gasteiger partial charge in [-0.25, -0.2) is 4.39 Å². The number of hydrogen-bond acceptors (Lipinski definition) is 4. The van der Waals surface area contributed by atoms with Crippen molar-refractivity contribution in [3.63, 3.8) is 0 Å². The van der Waals surface area contributed by atoms with Gasteiger partial charge in [0.05, 0.1) is 19.7 Å². The Morgan fingerprint density at radius 3 is 2.48 bits per heavy atom. The molecule has 0 bridgehead atoms. The molecule has 0 aliphatic carbocycles. The van der Waals surface area contributed by atoms with Crippen LogP contribution in [0.1, 0.15) is 19.4 Å². The molecule has 0 aliphatic heterocycles. The van der Waals surface area contributed by atoms with Crippen molar-refractivity contribution in [2.45, 2.75) is 26.4 Å². The van der Waals surface area contributed by atoms with E-state index in [0.717, 1.165) is 0 Å². The van der Waals surface area contributed by atoms with Gasteiger partial charge in [0.1, 0.15) is 0 Å². The molecule has 1 aromatic rings. The van der Waals surface area contributed by atoms with E-state index in [1.54, 1.807) is 6.07 Å². The second-order valence-electron chi connectivity index (χ2n) is 5.23. The fraction of sp³-hybridized carbons (Fsp3) is 0.467. The van der Waals surface area contributed by atoms with Gasteiger partial charge in [0, 0.05) is 6.54 Å². The summed E-state index contributed by atoms with van der Waals surface area (Å²) in [5.74, 6) is -1.11. The fourth-order valence-corrected chi connectivity index (χ4v) is 1.67. The molecule has 0 aliphatic rings. The van der Waals surface area contributed by atoms with Gasteiger partial charge in [0.25, 0.3) is 0 Å². The maximum atomic E-state index is 13.5. The molecule has 0 saturated heterocycles. The molecule has 0 saturated carbocycles. The van der Waals surface area contributed by atoms with Crippen LogP contribution < -0.4 is 21.1 Å². The minimum absolute atomic E-state index is 0. The second kappa shape index (κ2) is 10.0. The van der Waals surface area contributed by atoms with E-state index in [0.29, 0.717) is 5.56 Å². The van der Waals surface area contributed by atoms with Crippen molar-refractivity contribution in [1.29, 1.82) is 0 Å². The molecule has 130 valence electrons. The maximum absolute atomic E-state index is 13.5. The highest BCUT2D eigenvalue weighted by Gasteiger charge is 2.17. The second-order valence-corrected chi connectivity index (χ2v) is 5.23. The highest BCUT2D eigenvalue weighted by molar-refractivity contribution is 5.87. The van der Waals surface area contributed by atoms with Crippen molar-refractivity contribution in [3.8, 4) is 5.75 Å². The maximum Gasteiger partial charge on any atom is 0.239 e. The summed E-state index contributed by atoms with van der Waals surface area (Å²) in [6, 6.07) is 3.77. The van der Waals surface area contributed by atoms with Crippen LogP contribution in [0.3, 0.4) is 0 Å². The summed E-state index contributed by atoms with van der Waals surface area (Å²) in [5.41, 5.74) is 6.25. The van der Waals surface area contributed by atoms with Gasteiger partial charge in [-0.1, -0.05) is 19.9 Å². The summed E-state index contributed by atoms with van der Waals surface area (Å²) in [5, 5.41) is 5.04. The van der Waals surface area contributed by atoms with Crippen LogP contribution in [0, 0.1) is 11.7 Å². The summed E-state index contributed by atoms with van der Waals surface area (Å²) in [7, 11) is 1.38. The zero-order chi connectivity index (χ0) is 16.7. The predicted molar refractivity (Wildman–Crippen MR) is 87.9 cm³/mol. The lowest BCUT2D eigenvalue weighted by Crippen LogP contribution is -2.47. The third-order valence-corrected chi connectivity index (χ3v) is 3.15. The molecule has 0 spiro atoms. The van der Waals surface area contributed by atoms with Gasteiger partial charge in [-0.15, -0.1) is 12.4 Å². The Kier molecular flexibility index (Phi) is 9.21. The first-order valence-electron chi connectivity index (χ1n) is 6.97. The van der Waals surface area contributed by atoms with E-state index in [4.69, 9.17) is 10.5 Å². The topological polar surface area (TPSA) is 93.5 Å². The van der Waals surface area contributed by atoms with Crippen LogP contribution in [0.5, 0.6) is 5.75 Å². The summed E-state index contributed by atoms with van der Waals surface area (Å²) >= 11 is 0. The first-order chi connectivity index (χ1) is 10.3. The van der Waals surface area contributed by atoms with Gasteiger partial charge in [0.15, 0.2) is 11.6 Å². The summed E-state index contributed by atoms with van der Waals surface area (Å²) in [6.07, 6.45) is 0. The largest absolute Gasteiger partial charge is 0.494 e. The monoisotopic (exact) mass is 347 g/mol. The normalized spacial score (nSPS) is 11.4. The van der Waals surface area contributed by atoms with E-state index in [1.165, 1.54) is 19.2 Å². The Bertz CT molecular complexity index is 541. The molecule has 23 heavy (non-hydrogen) atoms. The Morgan fingerprint density at radius 1 is 1.30 bits per heavy atom. The standard InChI is InChI=1S/C15H22FN3O3.ClH/c1-9(2)14(17)15(21)19-8-13(20)18-7-10-4-5-12(22-3)11(16)6-10;/h4-6,9,14H,7-8,17H2,1-3H3,(H,18,20)(H,19,21);1H/t14-;/m0./s1. The third-order valence-electron chi connectivity index (χ3n) is 3.15. The molecular weight excluding hydrogens is 325 g/mol. The molecule has 8 heteroatoms. The van der Waals surface area contributed by atoms with E-state index in [-0.39, 0.29) is 49.0 Å². The van der Waals surface area contributed by atoms with Crippen LogP contribution in [0.2, 0.25) is 0 Å². The smallest absolute Gasteiger partial charge is 0.239 e. The van der Waals surface area contributed by atoms with Crippen LogP contribution in [0.15, 0.2) is 18.2 Å². The average molecular weight is 348 g/mol. The molecule has 0 aromatic heterocycles. The molecule has 1 rings (SSSR count). The first kappa shape index (κ1) is 21.1. The number of amides is 2. The van der Waals surface area contributed by atoms with Crippen molar-refractivity contribution < 1.29 is 18.7 Å². The number of benzene rings is 1. The summed E-state index contributed by atoms with van der Waals surface area (Å²) < 4.78 is 18.3. The molecule has 0 heterocycles. The van der Waals surface area contributed by atoms with Crippen LogP contribution in [-0.2, 0) is 16.1 Å². The number of nitrogens with two attached hydrogens (primary N) is 1. The molecule has 0 unspecified atom stereocenters. The molecule has 1 atom stereocenters. The van der Waals surface area contributed by atoms with E-state index in [9.17, 15) is 14.0 Å². The number of carbonyl (C=O) groups excluding carboxylic acids is 2. The van der Waals surface area contributed by atoms with Crippen molar-refractivity contribution >= 4 is 24.2 Å². The van der Waals surface area contributed by atoms with Crippen LogP contribution in [0.25, 0.3) is 0 Å². The average Bonchev–Trinajstić information content (AvgIpc) is 2.49. The van der Waals surface area contributed by atoms with E-state index in [1.807, 2.05) is 13.8 Å². The number of halogens is 2. The fourth-order valence-electron chi connectivity index (χ4n) is 1.67. The Morgan fingerprint density at radius 2 is 1.96 bits per heavy atom. The lowest BCUT2D eigenvalue weighted by atomic mass is 10.1. The number of carbonyl (C=O) groups is 2. The van der Waals surface area contributed by atoms with Crippen LogP contribution in [0.4, 0.5) is 4.39 Å². The van der Waals surface area contributed by atoms with E-state index >= 15 is 0 Å². The zero-order valence-corrected chi connectivity index (χ0v) is 14.2. The van der Waals surface area contributed by atoms with E-state index < -0.39 is 11.9 Å². The molecule has 1 aromatic carbocycles. The SMILES string of the molecule is COc1ccc(CNC(=O)CNC(=O)[C@@H](N)C(C)C)cc1F.Cl. The molecule has 4 N–H and O–H groups in total. The number of methoxy groups -OCH3 is 1. The van der Waals surface area contributed by atoms with Crippen molar-refractivity contribution in [3.05, 3.63) is 29.6 Å². The van der Waals surface area contributed by atoms with Gasteiger partial charge in [-0.3, -0.25) is 9.59 Å². The lowest BCUT2D eigenvalue weighted by molar-refractivity contribution is -0.127. The van der Waals surface area contributed by atoms with Gasteiger partial charge in [-0.05, 0) is 23.6 Å². The van der Waals surface area contributed by atoms with E-state index in [2.05, 4.69) is 10.6 Å². The Hall–Kier alpha value is -1.86. The van der Waals surface area contributed by atoms with Crippen LogP contribution >= 0.6 is 12.4 Å². The Labute approximate surface area is 141 Å². The lowest BCUT2D eigenvalue weighted by Gasteiger charge is -2.15.